The summed E-state index contributed by atoms with van der Waals surface area (Å²) in [6.45, 7) is 2.87. The normalized spacial score (nSPS) is 29.6. The van der Waals surface area contributed by atoms with Gasteiger partial charge in [-0.15, -0.1) is 0 Å². The van der Waals surface area contributed by atoms with Crippen LogP contribution in [0.1, 0.15) is 24.8 Å². The molecule has 4 heteroatoms. The summed E-state index contributed by atoms with van der Waals surface area (Å²) in [6.07, 6.45) is 0.967. The molecule has 1 saturated heterocycles. The Morgan fingerprint density at radius 1 is 1.38 bits per heavy atom. The molecule has 0 amide bonds. The maximum Gasteiger partial charge on any atom is 0.0408 e. The molecule has 1 aliphatic rings. The van der Waals surface area contributed by atoms with Gasteiger partial charge in [0, 0.05) is 23.0 Å². The second-order valence-corrected chi connectivity index (χ2v) is 4.78. The summed E-state index contributed by atoms with van der Waals surface area (Å²) >= 11 is 6.03. The van der Waals surface area contributed by atoms with Gasteiger partial charge in [-0.3, -0.25) is 10.9 Å². The third kappa shape index (κ3) is 2.38. The lowest BCUT2D eigenvalue weighted by atomic mass is 9.86. The minimum Gasteiger partial charge on any atom is -0.330 e. The quantitative estimate of drug-likeness (QED) is 0.752. The monoisotopic (exact) mass is 239 g/mol. The number of nitrogens with one attached hydrogen (secondary N) is 2. The fraction of sp³-hybridized carbons (Fsp3) is 0.500. The van der Waals surface area contributed by atoms with Crippen LogP contribution in [0.25, 0.3) is 0 Å². The highest BCUT2D eigenvalue weighted by atomic mass is 35.5. The minimum absolute atomic E-state index is 0.387. The van der Waals surface area contributed by atoms with Crippen molar-refractivity contribution < 1.29 is 0 Å². The zero-order valence-corrected chi connectivity index (χ0v) is 10.2. The molecule has 3 atom stereocenters. The molecule has 1 aromatic carbocycles. The average Bonchev–Trinajstić information content (AvgIpc) is 2.60. The number of benzene rings is 1. The third-order valence-corrected chi connectivity index (χ3v) is 3.41. The van der Waals surface area contributed by atoms with Gasteiger partial charge < -0.3 is 5.73 Å². The largest absolute Gasteiger partial charge is 0.330 e. The van der Waals surface area contributed by atoms with E-state index in [0.29, 0.717) is 24.5 Å². The van der Waals surface area contributed by atoms with Crippen molar-refractivity contribution in [3.8, 4) is 0 Å². The average molecular weight is 240 g/mol. The lowest BCUT2D eigenvalue weighted by Crippen LogP contribution is -2.33. The van der Waals surface area contributed by atoms with E-state index in [2.05, 4.69) is 23.8 Å². The van der Waals surface area contributed by atoms with Crippen LogP contribution < -0.4 is 16.6 Å². The molecule has 3 unspecified atom stereocenters. The Hall–Kier alpha value is -0.610. The summed E-state index contributed by atoms with van der Waals surface area (Å²) in [7, 11) is 0. The van der Waals surface area contributed by atoms with Crippen molar-refractivity contribution in [2.45, 2.75) is 31.3 Å². The molecule has 3 nitrogen and oxygen atoms in total. The highest BCUT2D eigenvalue weighted by molar-refractivity contribution is 6.30. The Kier molecular flexibility index (Phi) is 3.82. The van der Waals surface area contributed by atoms with Crippen LogP contribution in [0.3, 0.4) is 0 Å². The van der Waals surface area contributed by atoms with Gasteiger partial charge in [0.2, 0.25) is 0 Å². The van der Waals surface area contributed by atoms with E-state index >= 15 is 0 Å². The minimum atomic E-state index is 0.387. The van der Waals surface area contributed by atoms with E-state index in [1.165, 1.54) is 5.56 Å². The molecule has 0 spiro atoms. The van der Waals surface area contributed by atoms with Crippen LogP contribution in [0.15, 0.2) is 24.3 Å². The number of rotatable bonds is 3. The molecule has 0 aliphatic carbocycles. The third-order valence-electron chi connectivity index (χ3n) is 3.18. The van der Waals surface area contributed by atoms with Crippen molar-refractivity contribution >= 4 is 11.6 Å². The first-order valence-corrected chi connectivity index (χ1v) is 6.06. The maximum atomic E-state index is 6.03. The molecule has 0 aromatic heterocycles. The number of nitrogens with two attached hydrogens (primary N) is 1. The molecule has 1 fully saturated rings. The first-order chi connectivity index (χ1) is 7.72. The molecule has 1 aliphatic heterocycles. The highest BCUT2D eigenvalue weighted by Crippen LogP contribution is 2.29. The van der Waals surface area contributed by atoms with E-state index in [4.69, 9.17) is 17.3 Å². The van der Waals surface area contributed by atoms with Gasteiger partial charge in [0.1, 0.15) is 0 Å². The van der Waals surface area contributed by atoms with E-state index in [-0.39, 0.29) is 0 Å². The molecule has 0 saturated carbocycles. The van der Waals surface area contributed by atoms with Crippen molar-refractivity contribution in [2.75, 3.05) is 6.54 Å². The Morgan fingerprint density at radius 2 is 2.19 bits per heavy atom. The zero-order valence-electron chi connectivity index (χ0n) is 9.41. The van der Waals surface area contributed by atoms with Gasteiger partial charge in [-0.25, -0.2) is 0 Å². The number of halogens is 1. The van der Waals surface area contributed by atoms with Gasteiger partial charge in [-0.1, -0.05) is 23.7 Å². The zero-order chi connectivity index (χ0) is 11.5. The topological polar surface area (TPSA) is 50.1 Å². The van der Waals surface area contributed by atoms with Gasteiger partial charge >= 0.3 is 0 Å². The van der Waals surface area contributed by atoms with Gasteiger partial charge in [0.15, 0.2) is 0 Å². The second kappa shape index (κ2) is 5.15. The van der Waals surface area contributed by atoms with Crippen LogP contribution in [0.2, 0.25) is 5.02 Å². The van der Waals surface area contributed by atoms with Crippen LogP contribution in [-0.4, -0.2) is 18.6 Å². The Labute approximate surface area is 101 Å². The standard InChI is InChI=1S/C12H18ClN3/c1-8-12(11(5-6-14)16-15-8)9-3-2-4-10(13)7-9/h2-4,7-8,11-12,15-16H,5-6,14H2,1H3. The Morgan fingerprint density at radius 3 is 2.88 bits per heavy atom. The summed E-state index contributed by atoms with van der Waals surface area (Å²) in [5, 5.41) is 0.795. The molecular formula is C12H18ClN3. The van der Waals surface area contributed by atoms with E-state index in [1.807, 2.05) is 18.2 Å². The number of hydrogen-bond acceptors (Lipinski definition) is 3. The lowest BCUT2D eigenvalue weighted by Gasteiger charge is -2.21. The van der Waals surface area contributed by atoms with Crippen LogP contribution in [-0.2, 0) is 0 Å². The number of hydrazine groups is 1. The van der Waals surface area contributed by atoms with Gasteiger partial charge in [0.05, 0.1) is 0 Å². The van der Waals surface area contributed by atoms with Crippen molar-refractivity contribution in [1.29, 1.82) is 0 Å². The molecular weight excluding hydrogens is 222 g/mol. The van der Waals surface area contributed by atoms with Gasteiger partial charge in [-0.05, 0) is 37.6 Å². The summed E-state index contributed by atoms with van der Waals surface area (Å²) in [6, 6.07) is 8.87. The van der Waals surface area contributed by atoms with Crippen molar-refractivity contribution in [2.24, 2.45) is 5.73 Å². The van der Waals surface area contributed by atoms with Crippen LogP contribution in [0.5, 0.6) is 0 Å². The maximum absolute atomic E-state index is 6.03. The molecule has 2 rings (SSSR count). The second-order valence-electron chi connectivity index (χ2n) is 4.34. The van der Waals surface area contributed by atoms with Gasteiger partial charge in [-0.2, -0.15) is 0 Å². The first kappa shape index (κ1) is 11.9. The Balaban J connectivity index is 2.22. The summed E-state index contributed by atoms with van der Waals surface area (Å²) in [5.41, 5.74) is 13.5. The van der Waals surface area contributed by atoms with E-state index in [9.17, 15) is 0 Å². The molecule has 1 aromatic rings. The molecule has 88 valence electrons. The van der Waals surface area contributed by atoms with Crippen molar-refractivity contribution in [3.05, 3.63) is 34.9 Å². The first-order valence-electron chi connectivity index (χ1n) is 5.69. The summed E-state index contributed by atoms with van der Waals surface area (Å²) < 4.78 is 0. The highest BCUT2D eigenvalue weighted by Gasteiger charge is 2.33. The molecule has 0 bridgehead atoms. The Bertz CT molecular complexity index is 354. The molecule has 4 N–H and O–H groups in total. The van der Waals surface area contributed by atoms with Crippen molar-refractivity contribution in [1.82, 2.24) is 10.9 Å². The molecule has 0 radical (unpaired) electrons. The fourth-order valence-corrected chi connectivity index (χ4v) is 2.63. The predicted molar refractivity (Wildman–Crippen MR) is 67.4 cm³/mol. The van der Waals surface area contributed by atoms with Crippen LogP contribution in [0, 0.1) is 0 Å². The summed E-state index contributed by atoms with van der Waals surface area (Å²) in [4.78, 5) is 0. The van der Waals surface area contributed by atoms with Crippen LogP contribution in [0.4, 0.5) is 0 Å². The lowest BCUT2D eigenvalue weighted by molar-refractivity contribution is 0.498. The van der Waals surface area contributed by atoms with E-state index in [1.54, 1.807) is 0 Å². The predicted octanol–water partition coefficient (Wildman–Crippen LogP) is 1.64. The number of hydrogen-bond donors (Lipinski definition) is 3. The van der Waals surface area contributed by atoms with E-state index < -0.39 is 0 Å². The summed E-state index contributed by atoms with van der Waals surface area (Å²) in [5.74, 6) is 0.433. The van der Waals surface area contributed by atoms with Gasteiger partial charge in [0.25, 0.3) is 0 Å². The SMILES string of the molecule is CC1NNC(CCN)C1c1cccc(Cl)c1. The molecule has 16 heavy (non-hydrogen) atoms. The smallest absolute Gasteiger partial charge is 0.0408 e. The molecule has 1 heterocycles. The van der Waals surface area contributed by atoms with Crippen molar-refractivity contribution in [3.63, 3.8) is 0 Å². The van der Waals surface area contributed by atoms with Crippen LogP contribution >= 0.6 is 11.6 Å². The fourth-order valence-electron chi connectivity index (χ4n) is 2.43. The van der Waals surface area contributed by atoms with E-state index in [0.717, 1.165) is 11.4 Å².